The van der Waals surface area contributed by atoms with E-state index in [0.717, 1.165) is 42.8 Å². The number of hydrogen-bond acceptors (Lipinski definition) is 4. The van der Waals surface area contributed by atoms with Gasteiger partial charge < -0.3 is 14.6 Å². The maximum Gasteiger partial charge on any atom is 0.227 e. The van der Waals surface area contributed by atoms with Crippen molar-refractivity contribution in [3.63, 3.8) is 0 Å². The van der Waals surface area contributed by atoms with Crippen LogP contribution in [0.15, 0.2) is 22.6 Å². The third kappa shape index (κ3) is 2.61. The second-order valence-electron chi connectivity index (χ2n) is 4.84. The molecule has 0 unspecified atom stereocenters. The number of amides is 1. The molecule has 0 atom stereocenters. The number of rotatable bonds is 2. The van der Waals surface area contributed by atoms with Crippen LogP contribution in [0.1, 0.15) is 11.5 Å². The van der Waals surface area contributed by atoms with Crippen molar-refractivity contribution in [2.24, 2.45) is 0 Å². The van der Waals surface area contributed by atoms with Crippen molar-refractivity contribution in [2.45, 2.75) is 13.3 Å². The molecule has 1 amide bonds. The summed E-state index contributed by atoms with van der Waals surface area (Å²) in [4.78, 5) is 18.3. The normalized spacial score (nSPS) is 15.9. The molecule has 1 fully saturated rings. The Balaban J connectivity index is 1.74. The first-order chi connectivity index (χ1) is 9.22. The summed E-state index contributed by atoms with van der Waals surface area (Å²) in [5.74, 6) is 0.831. The third-order valence-electron chi connectivity index (χ3n) is 3.38. The minimum absolute atomic E-state index is 0.178. The summed E-state index contributed by atoms with van der Waals surface area (Å²) in [7, 11) is 0. The van der Waals surface area contributed by atoms with Crippen LogP contribution in [0.3, 0.4) is 0 Å². The average Bonchev–Trinajstić information content (AvgIpc) is 2.79. The number of aromatic nitrogens is 1. The van der Waals surface area contributed by atoms with Crippen LogP contribution in [0, 0.1) is 6.92 Å². The molecular weight excluding hydrogens is 242 g/mol. The second-order valence-corrected chi connectivity index (χ2v) is 4.84. The van der Waals surface area contributed by atoms with Gasteiger partial charge in [-0.15, -0.1) is 0 Å². The van der Waals surface area contributed by atoms with Gasteiger partial charge in [-0.25, -0.2) is 4.98 Å². The van der Waals surface area contributed by atoms with Crippen LogP contribution < -0.4 is 5.32 Å². The van der Waals surface area contributed by atoms with Crippen LogP contribution in [0.5, 0.6) is 0 Å². The molecule has 19 heavy (non-hydrogen) atoms. The zero-order valence-electron chi connectivity index (χ0n) is 11.0. The molecule has 100 valence electrons. The zero-order valence-corrected chi connectivity index (χ0v) is 11.0. The van der Waals surface area contributed by atoms with Gasteiger partial charge in [0.2, 0.25) is 5.91 Å². The average molecular weight is 259 g/mol. The maximum absolute atomic E-state index is 12.2. The highest BCUT2D eigenvalue weighted by Crippen LogP contribution is 2.17. The lowest BCUT2D eigenvalue weighted by Gasteiger charge is -2.27. The fourth-order valence-corrected chi connectivity index (χ4v) is 2.39. The minimum atomic E-state index is 0.178. The van der Waals surface area contributed by atoms with Crippen LogP contribution in [0.25, 0.3) is 11.1 Å². The monoisotopic (exact) mass is 259 g/mol. The number of benzene rings is 1. The van der Waals surface area contributed by atoms with Gasteiger partial charge in [0.1, 0.15) is 5.52 Å². The van der Waals surface area contributed by atoms with Crippen molar-refractivity contribution < 1.29 is 9.21 Å². The number of piperazine rings is 1. The molecule has 3 rings (SSSR count). The Morgan fingerprint density at radius 3 is 3.00 bits per heavy atom. The summed E-state index contributed by atoms with van der Waals surface area (Å²) >= 11 is 0. The van der Waals surface area contributed by atoms with E-state index >= 15 is 0 Å². The molecule has 0 spiro atoms. The summed E-state index contributed by atoms with van der Waals surface area (Å²) in [6.07, 6.45) is 0.426. The van der Waals surface area contributed by atoms with E-state index in [-0.39, 0.29) is 5.91 Å². The van der Waals surface area contributed by atoms with Crippen molar-refractivity contribution in [3.05, 3.63) is 29.7 Å². The first-order valence-corrected chi connectivity index (χ1v) is 6.57. The first kappa shape index (κ1) is 12.2. The predicted octanol–water partition coefficient (Wildman–Crippen LogP) is 1.11. The fraction of sp³-hybridized carbons (Fsp3) is 0.429. The summed E-state index contributed by atoms with van der Waals surface area (Å²) < 4.78 is 5.49. The Bertz CT molecular complexity index is 600. The Kier molecular flexibility index (Phi) is 3.21. The summed E-state index contributed by atoms with van der Waals surface area (Å²) in [6.45, 7) is 5.18. The van der Waals surface area contributed by atoms with Gasteiger partial charge >= 0.3 is 0 Å². The van der Waals surface area contributed by atoms with Crippen LogP contribution >= 0.6 is 0 Å². The van der Waals surface area contributed by atoms with E-state index in [2.05, 4.69) is 10.3 Å². The van der Waals surface area contributed by atoms with Crippen molar-refractivity contribution in [2.75, 3.05) is 26.2 Å². The van der Waals surface area contributed by atoms with Crippen LogP contribution in [0.2, 0.25) is 0 Å². The number of aryl methyl sites for hydroxylation is 1. The highest BCUT2D eigenvalue weighted by atomic mass is 16.3. The molecule has 0 aliphatic carbocycles. The van der Waals surface area contributed by atoms with E-state index < -0.39 is 0 Å². The van der Waals surface area contributed by atoms with Gasteiger partial charge in [0.15, 0.2) is 11.5 Å². The second kappa shape index (κ2) is 5.01. The molecule has 1 aliphatic rings. The molecule has 5 heteroatoms. The lowest BCUT2D eigenvalue weighted by atomic mass is 10.1. The SMILES string of the molecule is Cc1nc2ccc(CC(=O)N3CCNCC3)cc2o1. The van der Waals surface area contributed by atoms with Gasteiger partial charge in [0.25, 0.3) is 0 Å². The van der Waals surface area contributed by atoms with Gasteiger partial charge in [0, 0.05) is 33.1 Å². The Labute approximate surface area is 111 Å². The smallest absolute Gasteiger partial charge is 0.227 e. The predicted molar refractivity (Wildman–Crippen MR) is 71.9 cm³/mol. The first-order valence-electron chi connectivity index (χ1n) is 6.57. The number of oxazole rings is 1. The van der Waals surface area contributed by atoms with Crippen LogP contribution in [-0.2, 0) is 11.2 Å². The standard InChI is InChI=1S/C14H17N3O2/c1-10-16-12-3-2-11(8-13(12)19-10)9-14(18)17-6-4-15-5-7-17/h2-3,8,15H,4-7,9H2,1H3. The quantitative estimate of drug-likeness (QED) is 0.877. The molecule has 1 aromatic carbocycles. The minimum Gasteiger partial charge on any atom is -0.441 e. The molecule has 1 saturated heterocycles. The molecule has 0 radical (unpaired) electrons. The Morgan fingerprint density at radius 2 is 2.21 bits per heavy atom. The molecule has 2 heterocycles. The highest BCUT2D eigenvalue weighted by Gasteiger charge is 2.16. The largest absolute Gasteiger partial charge is 0.441 e. The van der Waals surface area contributed by atoms with Crippen LogP contribution in [0.4, 0.5) is 0 Å². The van der Waals surface area contributed by atoms with Crippen molar-refractivity contribution in [1.29, 1.82) is 0 Å². The topological polar surface area (TPSA) is 58.4 Å². The number of nitrogens with zero attached hydrogens (tertiary/aromatic N) is 2. The molecule has 1 N–H and O–H groups in total. The number of hydrogen-bond donors (Lipinski definition) is 1. The van der Waals surface area contributed by atoms with Crippen molar-refractivity contribution in [1.82, 2.24) is 15.2 Å². The van der Waals surface area contributed by atoms with Crippen molar-refractivity contribution in [3.8, 4) is 0 Å². The van der Waals surface area contributed by atoms with Gasteiger partial charge in [-0.1, -0.05) is 6.07 Å². The molecule has 0 saturated carbocycles. The molecule has 5 nitrogen and oxygen atoms in total. The molecular formula is C14H17N3O2. The van der Waals surface area contributed by atoms with E-state index in [0.29, 0.717) is 12.3 Å². The number of carbonyl (C=O) groups is 1. The van der Waals surface area contributed by atoms with E-state index in [1.54, 1.807) is 0 Å². The maximum atomic E-state index is 12.2. The number of fused-ring (bicyclic) bond motifs is 1. The van der Waals surface area contributed by atoms with Gasteiger partial charge in [-0.3, -0.25) is 4.79 Å². The molecule has 1 aliphatic heterocycles. The van der Waals surface area contributed by atoms with E-state index in [9.17, 15) is 4.79 Å². The Hall–Kier alpha value is -1.88. The van der Waals surface area contributed by atoms with Gasteiger partial charge in [0.05, 0.1) is 6.42 Å². The highest BCUT2D eigenvalue weighted by molar-refractivity contribution is 5.81. The van der Waals surface area contributed by atoms with E-state index in [1.165, 1.54) is 0 Å². The lowest BCUT2D eigenvalue weighted by molar-refractivity contribution is -0.131. The molecule has 2 aromatic rings. The lowest BCUT2D eigenvalue weighted by Crippen LogP contribution is -2.46. The molecule has 1 aromatic heterocycles. The van der Waals surface area contributed by atoms with Gasteiger partial charge in [-0.2, -0.15) is 0 Å². The van der Waals surface area contributed by atoms with E-state index in [4.69, 9.17) is 4.42 Å². The third-order valence-corrected chi connectivity index (χ3v) is 3.38. The van der Waals surface area contributed by atoms with E-state index in [1.807, 2.05) is 30.0 Å². The van der Waals surface area contributed by atoms with Gasteiger partial charge in [-0.05, 0) is 17.7 Å². The number of nitrogens with one attached hydrogen (secondary N) is 1. The fourth-order valence-electron chi connectivity index (χ4n) is 2.39. The van der Waals surface area contributed by atoms with Crippen molar-refractivity contribution >= 4 is 17.0 Å². The van der Waals surface area contributed by atoms with Crippen LogP contribution in [-0.4, -0.2) is 42.0 Å². The summed E-state index contributed by atoms with van der Waals surface area (Å²) in [5, 5.41) is 3.24. The summed E-state index contributed by atoms with van der Waals surface area (Å²) in [5.41, 5.74) is 2.58. The summed E-state index contributed by atoms with van der Waals surface area (Å²) in [6, 6.07) is 5.77. The number of carbonyl (C=O) groups excluding carboxylic acids is 1. The zero-order chi connectivity index (χ0) is 13.2. The Morgan fingerprint density at radius 1 is 1.42 bits per heavy atom. The molecule has 0 bridgehead atoms.